The molecular formula is C38H51N3O11S. The SMILES string of the molecule is COc1cc(C2OCC([C@H]3O[C@H](OC)[C@H](OC(=O)N[C@@H](Cc4ccccc4)[C@H](O)CN(CC(C)C)S(=O)(=O)c4ccc(N)cc4)[C@H]3C)O2)ccc1CO. The lowest BCUT2D eigenvalue weighted by Gasteiger charge is -2.31. The fraction of sp³-hybridized carbons (Fsp3) is 0.500. The summed E-state index contributed by atoms with van der Waals surface area (Å²) in [5.74, 6) is 0.0587. The van der Waals surface area contributed by atoms with Crippen LogP contribution in [-0.2, 0) is 46.7 Å². The smallest absolute Gasteiger partial charge is 0.407 e. The molecular weight excluding hydrogens is 706 g/mol. The van der Waals surface area contributed by atoms with Crippen molar-refractivity contribution in [2.24, 2.45) is 11.8 Å². The first-order chi connectivity index (χ1) is 25.3. The Balaban J connectivity index is 1.29. The van der Waals surface area contributed by atoms with Gasteiger partial charge < -0.3 is 49.7 Å². The third-order valence-corrected chi connectivity index (χ3v) is 11.3. The largest absolute Gasteiger partial charge is 0.496 e. The van der Waals surface area contributed by atoms with Crippen LogP contribution in [0, 0.1) is 11.8 Å². The molecule has 53 heavy (non-hydrogen) atoms. The van der Waals surface area contributed by atoms with E-state index in [0.717, 1.165) is 5.56 Å². The highest BCUT2D eigenvalue weighted by Gasteiger charge is 2.50. The van der Waals surface area contributed by atoms with Crippen LogP contribution in [0.3, 0.4) is 0 Å². The molecule has 5 rings (SSSR count). The number of carbonyl (C=O) groups is 1. The number of sulfonamides is 1. The van der Waals surface area contributed by atoms with Crippen molar-refractivity contribution in [3.63, 3.8) is 0 Å². The zero-order valence-corrected chi connectivity index (χ0v) is 31.5. The van der Waals surface area contributed by atoms with Gasteiger partial charge in [0.2, 0.25) is 10.0 Å². The Morgan fingerprint density at radius 2 is 1.75 bits per heavy atom. The van der Waals surface area contributed by atoms with Gasteiger partial charge in [-0.2, -0.15) is 4.31 Å². The Labute approximate surface area is 311 Å². The molecule has 0 aromatic heterocycles. The minimum atomic E-state index is -4.02. The zero-order valence-electron chi connectivity index (χ0n) is 30.7. The molecule has 2 saturated heterocycles. The van der Waals surface area contributed by atoms with Crippen molar-refractivity contribution in [1.29, 1.82) is 0 Å². The standard InChI is InChI=1S/C38H51N3O11S/c1-23(2)19-41(53(45,46)29-15-13-28(39)14-16-29)20-31(43)30(17-25-9-7-6-8-10-25)40-38(44)52-35-24(3)34(51-37(35)48-5)33-22-49-36(50-33)26-11-12-27(21-42)32(18-26)47-4/h6-16,18,23-24,30-31,33-37,42-43H,17,19-22,39H2,1-5H3,(H,40,44)/t24-,30-,31+,33?,34-,35+,36?,37-/m0/s1. The maximum absolute atomic E-state index is 13.7. The number of methoxy groups -OCH3 is 2. The Hall–Kier alpha value is -3.80. The van der Waals surface area contributed by atoms with E-state index in [9.17, 15) is 23.4 Å². The van der Waals surface area contributed by atoms with Crippen LogP contribution >= 0.6 is 0 Å². The average molecular weight is 758 g/mol. The Bertz CT molecular complexity index is 1750. The summed E-state index contributed by atoms with van der Waals surface area (Å²) >= 11 is 0. The molecule has 2 heterocycles. The molecule has 0 radical (unpaired) electrons. The van der Waals surface area contributed by atoms with Crippen LogP contribution in [0.25, 0.3) is 0 Å². The summed E-state index contributed by atoms with van der Waals surface area (Å²) in [6, 6.07) is 19.5. The van der Waals surface area contributed by atoms with E-state index >= 15 is 0 Å². The number of nitrogens with one attached hydrogen (secondary N) is 1. The number of benzene rings is 3. The number of nitrogens with zero attached hydrogens (tertiary/aromatic N) is 1. The van der Waals surface area contributed by atoms with Gasteiger partial charge in [-0.3, -0.25) is 0 Å². The predicted octanol–water partition coefficient (Wildman–Crippen LogP) is 3.61. The molecule has 3 aromatic carbocycles. The van der Waals surface area contributed by atoms with Crippen molar-refractivity contribution in [2.75, 3.05) is 39.6 Å². The van der Waals surface area contributed by atoms with Crippen LogP contribution in [0.1, 0.15) is 43.8 Å². The van der Waals surface area contributed by atoms with Gasteiger partial charge in [0.25, 0.3) is 0 Å². The van der Waals surface area contributed by atoms with Gasteiger partial charge in [0.05, 0.1) is 43.5 Å². The fourth-order valence-electron chi connectivity index (χ4n) is 6.64. The van der Waals surface area contributed by atoms with Gasteiger partial charge in [0, 0.05) is 42.9 Å². The molecule has 0 spiro atoms. The van der Waals surface area contributed by atoms with Gasteiger partial charge >= 0.3 is 6.09 Å². The van der Waals surface area contributed by atoms with Gasteiger partial charge in [0.15, 0.2) is 18.7 Å². The number of hydrogen-bond donors (Lipinski definition) is 4. The molecule has 2 aliphatic heterocycles. The molecule has 0 saturated carbocycles. The van der Waals surface area contributed by atoms with Crippen LogP contribution in [0.5, 0.6) is 5.75 Å². The number of alkyl carbamates (subject to hydrolysis) is 1. The average Bonchev–Trinajstić information content (AvgIpc) is 3.75. The first kappa shape index (κ1) is 40.4. The molecule has 290 valence electrons. The van der Waals surface area contributed by atoms with Crippen molar-refractivity contribution in [3.05, 3.63) is 89.5 Å². The molecule has 2 aliphatic rings. The summed E-state index contributed by atoms with van der Waals surface area (Å²) in [5, 5.41) is 24.0. The summed E-state index contributed by atoms with van der Waals surface area (Å²) in [6.45, 7) is 5.51. The number of aliphatic hydroxyl groups is 2. The molecule has 3 aromatic rings. The van der Waals surface area contributed by atoms with Crippen LogP contribution in [-0.4, -0.2) is 99.7 Å². The van der Waals surface area contributed by atoms with E-state index in [4.69, 9.17) is 34.2 Å². The Kier molecular flexibility index (Phi) is 13.7. The summed E-state index contributed by atoms with van der Waals surface area (Å²) in [4.78, 5) is 13.7. The zero-order chi connectivity index (χ0) is 38.3. The number of anilines is 1. The van der Waals surface area contributed by atoms with Crippen LogP contribution in [0.2, 0.25) is 0 Å². The Morgan fingerprint density at radius 3 is 2.40 bits per heavy atom. The number of ether oxygens (including phenoxy) is 6. The molecule has 2 fully saturated rings. The first-order valence-corrected chi connectivity index (χ1v) is 19.1. The second kappa shape index (κ2) is 18.0. The van der Waals surface area contributed by atoms with Crippen molar-refractivity contribution < 1.29 is 51.8 Å². The number of hydrogen-bond acceptors (Lipinski definition) is 12. The number of amides is 1. The Morgan fingerprint density at radius 1 is 1.04 bits per heavy atom. The maximum Gasteiger partial charge on any atom is 0.407 e. The molecule has 8 atom stereocenters. The molecule has 2 unspecified atom stereocenters. The van der Waals surface area contributed by atoms with E-state index < -0.39 is 65.1 Å². The summed E-state index contributed by atoms with van der Waals surface area (Å²) < 4.78 is 64.0. The van der Waals surface area contributed by atoms with Gasteiger partial charge in [-0.1, -0.05) is 63.2 Å². The fourth-order valence-corrected chi connectivity index (χ4v) is 8.26. The lowest BCUT2D eigenvalue weighted by Crippen LogP contribution is -2.52. The number of aliphatic hydroxyl groups excluding tert-OH is 2. The summed E-state index contributed by atoms with van der Waals surface area (Å²) in [5.41, 5.74) is 8.38. The lowest BCUT2D eigenvalue weighted by molar-refractivity contribution is -0.169. The maximum atomic E-state index is 13.7. The highest BCUT2D eigenvalue weighted by atomic mass is 32.2. The molecule has 5 N–H and O–H groups in total. The van der Waals surface area contributed by atoms with Crippen molar-refractivity contribution in [1.82, 2.24) is 9.62 Å². The monoisotopic (exact) mass is 757 g/mol. The van der Waals surface area contributed by atoms with E-state index in [2.05, 4.69) is 5.32 Å². The van der Waals surface area contributed by atoms with Crippen LogP contribution in [0.15, 0.2) is 77.7 Å². The topological polar surface area (TPSA) is 188 Å². The van der Waals surface area contributed by atoms with E-state index in [-0.39, 0.29) is 43.5 Å². The third-order valence-electron chi connectivity index (χ3n) is 9.45. The highest BCUT2D eigenvalue weighted by molar-refractivity contribution is 7.89. The van der Waals surface area contributed by atoms with Crippen LogP contribution in [0.4, 0.5) is 10.5 Å². The number of rotatable bonds is 16. The predicted molar refractivity (Wildman–Crippen MR) is 195 cm³/mol. The van der Waals surface area contributed by atoms with Crippen molar-refractivity contribution in [2.45, 2.75) is 81.7 Å². The minimum absolute atomic E-state index is 0.0456. The second-order valence-electron chi connectivity index (χ2n) is 13.8. The molecule has 0 bridgehead atoms. The lowest BCUT2D eigenvalue weighted by atomic mass is 9.97. The van der Waals surface area contributed by atoms with Crippen molar-refractivity contribution >= 4 is 21.8 Å². The van der Waals surface area contributed by atoms with E-state index in [1.165, 1.54) is 42.8 Å². The number of nitrogen functional groups attached to an aromatic ring is 1. The minimum Gasteiger partial charge on any atom is -0.496 e. The molecule has 14 nitrogen and oxygen atoms in total. The van der Waals surface area contributed by atoms with Gasteiger partial charge in [-0.15, -0.1) is 0 Å². The van der Waals surface area contributed by atoms with Gasteiger partial charge in [0.1, 0.15) is 11.9 Å². The molecule has 1 amide bonds. The van der Waals surface area contributed by atoms with Gasteiger partial charge in [-0.25, -0.2) is 13.2 Å². The van der Waals surface area contributed by atoms with Crippen molar-refractivity contribution in [3.8, 4) is 5.75 Å². The normalized spacial score (nSPS) is 24.3. The van der Waals surface area contributed by atoms with E-state index in [1.54, 1.807) is 18.2 Å². The number of carbonyl (C=O) groups excluding carboxylic acids is 1. The summed E-state index contributed by atoms with van der Waals surface area (Å²) in [6.07, 6.45) is -5.51. The van der Waals surface area contributed by atoms with Gasteiger partial charge in [-0.05, 0) is 48.2 Å². The molecule has 15 heteroatoms. The second-order valence-corrected chi connectivity index (χ2v) is 15.7. The quantitative estimate of drug-likeness (QED) is 0.156. The highest BCUT2D eigenvalue weighted by Crippen LogP contribution is 2.39. The molecule has 0 aliphatic carbocycles. The van der Waals surface area contributed by atoms with E-state index in [0.29, 0.717) is 22.6 Å². The summed E-state index contributed by atoms with van der Waals surface area (Å²) in [7, 11) is -1.05. The van der Waals surface area contributed by atoms with E-state index in [1.807, 2.05) is 51.1 Å². The third kappa shape index (κ3) is 9.85. The number of nitrogens with two attached hydrogens (primary N) is 1. The first-order valence-electron chi connectivity index (χ1n) is 17.6. The van der Waals surface area contributed by atoms with Crippen LogP contribution < -0.4 is 15.8 Å².